The smallest absolute Gasteiger partial charge is 0.371 e. The number of carbonyl (C=O) groups is 2. The highest BCUT2D eigenvalue weighted by Gasteiger charge is 2.40. The van der Waals surface area contributed by atoms with Crippen LogP contribution in [0.3, 0.4) is 0 Å². The van der Waals surface area contributed by atoms with Gasteiger partial charge in [0.2, 0.25) is 11.8 Å². The molecule has 3 nitrogen and oxygen atoms in total. The molecule has 2 rings (SSSR count). The van der Waals surface area contributed by atoms with Crippen molar-refractivity contribution in [3.63, 3.8) is 0 Å². The van der Waals surface area contributed by atoms with Crippen molar-refractivity contribution >= 4 is 26.2 Å². The van der Waals surface area contributed by atoms with Crippen LogP contribution in [0.4, 0.5) is 0 Å². The number of hydrogen-bond acceptors (Lipinski definition) is 2. The molecule has 0 N–H and O–H groups in total. The van der Waals surface area contributed by atoms with Gasteiger partial charge in [-0.1, -0.05) is 17.0 Å². The van der Waals surface area contributed by atoms with E-state index in [2.05, 4.69) is 0 Å². The van der Waals surface area contributed by atoms with Crippen LogP contribution in [0.25, 0.3) is 0 Å². The molecule has 2 heterocycles. The Labute approximate surface area is 69.3 Å². The van der Waals surface area contributed by atoms with Gasteiger partial charge in [0.25, 0.3) is 0 Å². The van der Waals surface area contributed by atoms with E-state index >= 15 is 0 Å². The normalized spacial score (nSPS) is 22.9. The molecule has 2 amide bonds. The predicted molar refractivity (Wildman–Crippen MR) is 41.0 cm³/mol. The lowest BCUT2D eigenvalue weighted by atomic mass is 10.5. The number of nitrogens with zero attached hydrogens (tertiary/aromatic N) is 1. The summed E-state index contributed by atoms with van der Waals surface area (Å²) in [4.78, 5) is 22.1. The van der Waals surface area contributed by atoms with Crippen molar-refractivity contribution in [2.45, 2.75) is 17.0 Å². The first-order valence-electron chi connectivity index (χ1n) is 3.84. The maximum Gasteiger partial charge on any atom is 0.428 e. The van der Waals surface area contributed by atoms with Gasteiger partial charge in [0.05, 0.1) is 0 Å². The zero-order valence-corrected chi connectivity index (χ0v) is 7.27. The Morgan fingerprint density at radius 2 is 1.73 bits per heavy atom. The third-order valence-corrected chi connectivity index (χ3v) is 5.67. The van der Waals surface area contributed by atoms with Gasteiger partial charge < -0.3 is 3.88 Å². The Balaban J connectivity index is 2.13. The van der Waals surface area contributed by atoms with Crippen molar-refractivity contribution in [1.29, 1.82) is 0 Å². The second kappa shape index (κ2) is 2.47. The molecule has 0 aromatic heterocycles. The van der Waals surface area contributed by atoms with Crippen LogP contribution >= 0.6 is 0 Å². The van der Waals surface area contributed by atoms with E-state index in [0.717, 1.165) is 10.6 Å². The van der Waals surface area contributed by atoms with E-state index in [1.165, 1.54) is 22.5 Å². The van der Waals surface area contributed by atoms with E-state index in [-0.39, 0.29) is 11.8 Å². The molecule has 4 heteroatoms. The van der Waals surface area contributed by atoms with Gasteiger partial charge in [-0.2, -0.15) is 0 Å². The third-order valence-electron chi connectivity index (χ3n) is 2.28. The summed E-state index contributed by atoms with van der Waals surface area (Å²) in [7, 11) is 0. The lowest BCUT2D eigenvalue weighted by Crippen LogP contribution is -2.47. The number of rotatable bonds is 1. The quantitative estimate of drug-likeness (QED) is 0.414. The number of imide groups is 1. The molecule has 0 atom stereocenters. The fraction of sp³-hybridized carbons (Fsp3) is 0.429. The fourth-order valence-electron chi connectivity index (χ4n) is 1.42. The lowest BCUT2D eigenvalue weighted by molar-refractivity contribution is -0.131. The van der Waals surface area contributed by atoms with Crippen molar-refractivity contribution in [1.82, 2.24) is 3.88 Å². The van der Waals surface area contributed by atoms with Crippen LogP contribution in [0.2, 0.25) is 10.6 Å². The van der Waals surface area contributed by atoms with Crippen LogP contribution < -0.4 is 0 Å². The van der Waals surface area contributed by atoms with Crippen molar-refractivity contribution in [2.24, 2.45) is 0 Å². The monoisotopic (exact) mass is 165 g/mol. The summed E-state index contributed by atoms with van der Waals surface area (Å²) in [5.74, 6) is -0.155. The summed E-state index contributed by atoms with van der Waals surface area (Å²) in [5.41, 5.74) is 0. The summed E-state index contributed by atoms with van der Waals surface area (Å²) in [6.07, 6.45) is 3.97. The van der Waals surface area contributed by atoms with Gasteiger partial charge >= 0.3 is 14.4 Å². The fourth-order valence-corrected chi connectivity index (χ4v) is 3.60. The molecule has 2 aliphatic heterocycles. The van der Waals surface area contributed by atoms with Crippen LogP contribution in [0.5, 0.6) is 0 Å². The van der Waals surface area contributed by atoms with E-state index in [1.54, 1.807) is 0 Å². The van der Waals surface area contributed by atoms with E-state index in [1.807, 2.05) is 0 Å². The zero-order valence-electron chi connectivity index (χ0n) is 6.12. The van der Waals surface area contributed by atoms with Crippen LogP contribution in [0.1, 0.15) is 6.42 Å². The highest BCUT2D eigenvalue weighted by molar-refractivity contribution is 6.66. The molecular weight excluding hydrogens is 157 g/mol. The summed E-state index contributed by atoms with van der Waals surface area (Å²) in [6.45, 7) is 0. The average molecular weight is 165 g/mol. The Morgan fingerprint density at radius 3 is 2.09 bits per heavy atom. The SMILES string of the molecule is O=C1C=CC(=O)[N]1[Al]1[CH2]C[CH2]1. The molecule has 1 fully saturated rings. The van der Waals surface area contributed by atoms with Crippen molar-refractivity contribution in [3.8, 4) is 0 Å². The van der Waals surface area contributed by atoms with Gasteiger partial charge in [0.1, 0.15) is 0 Å². The minimum Gasteiger partial charge on any atom is -0.371 e. The predicted octanol–water partition coefficient (Wildman–Crippen LogP) is 0.307. The van der Waals surface area contributed by atoms with Crippen LogP contribution in [-0.2, 0) is 9.59 Å². The lowest BCUT2D eigenvalue weighted by Gasteiger charge is -2.27. The Bertz CT molecular complexity index is 227. The van der Waals surface area contributed by atoms with Gasteiger partial charge in [-0.05, 0) is 0 Å². The molecule has 0 bridgehead atoms. The van der Waals surface area contributed by atoms with Gasteiger partial charge in [-0.3, -0.25) is 9.59 Å². The maximum absolute atomic E-state index is 11.1. The standard InChI is InChI=1S/C4H3NO2.C3H6.Al/c6-3-1-2-4(7)5-3;1-3-2;/h1-2H,(H,5,6,7);1-3H2;/q;;+1/p-1. The average Bonchev–Trinajstić information content (AvgIpc) is 2.15. The van der Waals surface area contributed by atoms with Crippen LogP contribution in [0.15, 0.2) is 12.2 Å². The molecule has 0 aromatic carbocycles. The molecule has 0 aromatic rings. The first kappa shape index (κ1) is 7.08. The molecular formula is C7H8AlNO2. The van der Waals surface area contributed by atoms with Crippen molar-refractivity contribution in [2.75, 3.05) is 0 Å². The molecule has 0 saturated carbocycles. The maximum atomic E-state index is 11.1. The summed E-state index contributed by atoms with van der Waals surface area (Å²) >= 11 is -1.10. The number of amides is 2. The highest BCUT2D eigenvalue weighted by atomic mass is 27.2. The van der Waals surface area contributed by atoms with Gasteiger partial charge in [-0.25, -0.2) is 0 Å². The second-order valence-electron chi connectivity index (χ2n) is 2.96. The molecule has 1 saturated heterocycles. The largest absolute Gasteiger partial charge is 0.428 e. The Kier molecular flexibility index (Phi) is 1.59. The number of hydrogen-bond donors (Lipinski definition) is 0. The summed E-state index contributed by atoms with van der Waals surface area (Å²) in [5, 5.41) is 2.25. The molecule has 56 valence electrons. The zero-order chi connectivity index (χ0) is 7.84. The van der Waals surface area contributed by atoms with Gasteiger partial charge in [-0.15, -0.1) is 0 Å². The van der Waals surface area contributed by atoms with E-state index in [0.29, 0.717) is 0 Å². The first-order chi connectivity index (χ1) is 5.29. The van der Waals surface area contributed by atoms with Crippen molar-refractivity contribution < 1.29 is 9.59 Å². The minimum absolute atomic E-state index is 0.0774. The Morgan fingerprint density at radius 1 is 1.18 bits per heavy atom. The van der Waals surface area contributed by atoms with Gasteiger partial charge in [0.15, 0.2) is 0 Å². The van der Waals surface area contributed by atoms with Gasteiger partial charge in [0, 0.05) is 12.2 Å². The molecule has 0 spiro atoms. The minimum atomic E-state index is -1.10. The van der Waals surface area contributed by atoms with E-state index in [9.17, 15) is 9.59 Å². The third kappa shape index (κ3) is 1.03. The molecule has 11 heavy (non-hydrogen) atoms. The first-order valence-corrected chi connectivity index (χ1v) is 5.99. The van der Waals surface area contributed by atoms with E-state index in [4.69, 9.17) is 0 Å². The van der Waals surface area contributed by atoms with Crippen LogP contribution in [-0.4, -0.2) is 30.1 Å². The second-order valence-corrected chi connectivity index (χ2v) is 5.94. The Hall–Kier alpha value is -0.588. The molecule has 0 aliphatic carbocycles. The summed E-state index contributed by atoms with van der Waals surface area (Å²) < 4.78 is 1.50. The van der Waals surface area contributed by atoms with E-state index < -0.39 is 14.4 Å². The topological polar surface area (TPSA) is 37.4 Å². The molecule has 0 unspecified atom stereocenters. The van der Waals surface area contributed by atoms with Crippen LogP contribution in [0, 0.1) is 0 Å². The highest BCUT2D eigenvalue weighted by Crippen LogP contribution is 2.25. The molecule has 0 radical (unpaired) electrons. The molecule has 2 aliphatic rings. The summed E-state index contributed by atoms with van der Waals surface area (Å²) in [6, 6.07) is 0. The van der Waals surface area contributed by atoms with Crippen molar-refractivity contribution in [3.05, 3.63) is 12.2 Å². The number of carbonyl (C=O) groups excluding carboxylic acids is 2.